The van der Waals surface area contributed by atoms with Crippen LogP contribution in [0, 0.1) is 5.92 Å². The maximum atomic E-state index is 5.90. The summed E-state index contributed by atoms with van der Waals surface area (Å²) < 4.78 is 0. The fourth-order valence-corrected chi connectivity index (χ4v) is 2.78. The lowest BCUT2D eigenvalue weighted by molar-refractivity contribution is 0.203. The Kier molecular flexibility index (Phi) is 4.02. The number of rotatable bonds is 1. The van der Waals surface area contributed by atoms with E-state index in [1.165, 1.54) is 32.2 Å². The summed E-state index contributed by atoms with van der Waals surface area (Å²) >= 11 is 0. The van der Waals surface area contributed by atoms with E-state index in [4.69, 9.17) is 5.73 Å². The largest absolute Gasteiger partial charge is 0.326 e. The molecular weight excluding hydrogens is 184 g/mol. The van der Waals surface area contributed by atoms with Gasteiger partial charge in [-0.1, -0.05) is 13.3 Å². The van der Waals surface area contributed by atoms with Crippen LogP contribution < -0.4 is 5.73 Å². The first kappa shape index (κ1) is 11.3. The van der Waals surface area contributed by atoms with E-state index in [0.29, 0.717) is 6.04 Å². The summed E-state index contributed by atoms with van der Waals surface area (Å²) in [5, 5.41) is 0. The third-order valence-electron chi connectivity index (χ3n) is 3.54. The molecule has 1 aliphatic carbocycles. The average molecular weight is 205 g/mol. The number of hydrogen-bond donors (Lipinski definition) is 1. The number of nitrogens with two attached hydrogens (primary N) is 1. The first-order valence-electron chi connectivity index (χ1n) is 5.27. The van der Waals surface area contributed by atoms with Crippen molar-refractivity contribution in [2.45, 2.75) is 44.7 Å². The van der Waals surface area contributed by atoms with Gasteiger partial charge in [0.15, 0.2) is 0 Å². The third-order valence-corrected chi connectivity index (χ3v) is 3.54. The minimum Gasteiger partial charge on any atom is -0.326 e. The number of nitrogens with zero attached hydrogens (tertiary/aromatic N) is 1. The van der Waals surface area contributed by atoms with Crippen LogP contribution in [-0.4, -0.2) is 30.1 Å². The standard InChI is InChI=1S/C10H20N2.ClH/c1-8-3-2-4-10(8)12-6-5-9(11)7-12;/h8-10H,2-7,11H2,1H3;1H/t8?,9-,10?;/m1./s1. The van der Waals surface area contributed by atoms with Crippen LogP contribution in [0.4, 0.5) is 0 Å². The molecule has 2 rings (SSSR count). The molecule has 2 aliphatic rings. The molecule has 1 heterocycles. The molecule has 0 spiro atoms. The van der Waals surface area contributed by atoms with Crippen molar-refractivity contribution in [1.29, 1.82) is 0 Å². The SMILES string of the molecule is CC1CCCC1N1CC[C@@H](N)C1.Cl. The highest BCUT2D eigenvalue weighted by molar-refractivity contribution is 5.85. The average Bonchev–Trinajstić information content (AvgIpc) is 2.58. The van der Waals surface area contributed by atoms with Crippen LogP contribution in [-0.2, 0) is 0 Å². The molecule has 2 fully saturated rings. The van der Waals surface area contributed by atoms with Crippen molar-refractivity contribution in [3.8, 4) is 0 Å². The smallest absolute Gasteiger partial charge is 0.0180 e. The second-order valence-corrected chi connectivity index (χ2v) is 4.52. The van der Waals surface area contributed by atoms with Crippen LogP contribution >= 0.6 is 12.4 Å². The minimum atomic E-state index is 0. The van der Waals surface area contributed by atoms with Gasteiger partial charge in [0.1, 0.15) is 0 Å². The van der Waals surface area contributed by atoms with Crippen molar-refractivity contribution in [1.82, 2.24) is 4.90 Å². The summed E-state index contributed by atoms with van der Waals surface area (Å²) in [4.78, 5) is 2.61. The Morgan fingerprint density at radius 1 is 1.23 bits per heavy atom. The van der Waals surface area contributed by atoms with Crippen molar-refractivity contribution in [2.75, 3.05) is 13.1 Å². The summed E-state index contributed by atoms with van der Waals surface area (Å²) in [6, 6.07) is 1.32. The molecule has 1 saturated carbocycles. The summed E-state index contributed by atoms with van der Waals surface area (Å²) in [5.74, 6) is 0.912. The first-order valence-corrected chi connectivity index (χ1v) is 5.27. The van der Waals surface area contributed by atoms with E-state index in [2.05, 4.69) is 11.8 Å². The van der Waals surface area contributed by atoms with Gasteiger partial charge in [-0.2, -0.15) is 0 Å². The van der Waals surface area contributed by atoms with Crippen molar-refractivity contribution in [2.24, 2.45) is 11.7 Å². The van der Waals surface area contributed by atoms with Crippen LogP contribution in [0.15, 0.2) is 0 Å². The Hall–Kier alpha value is 0.210. The van der Waals surface area contributed by atoms with Crippen LogP contribution in [0.25, 0.3) is 0 Å². The first-order chi connectivity index (χ1) is 5.77. The fourth-order valence-electron chi connectivity index (χ4n) is 2.78. The molecule has 1 aliphatic heterocycles. The molecule has 0 radical (unpaired) electrons. The topological polar surface area (TPSA) is 29.3 Å². The molecule has 2 nitrogen and oxygen atoms in total. The number of halogens is 1. The third kappa shape index (κ3) is 2.36. The molecule has 0 aromatic carbocycles. The monoisotopic (exact) mass is 204 g/mol. The van der Waals surface area contributed by atoms with E-state index in [0.717, 1.165) is 18.5 Å². The van der Waals surface area contributed by atoms with Gasteiger partial charge in [-0.25, -0.2) is 0 Å². The molecule has 78 valence electrons. The number of hydrogen-bond acceptors (Lipinski definition) is 2. The Balaban J connectivity index is 0.000000845. The highest BCUT2D eigenvalue weighted by Crippen LogP contribution is 2.31. The zero-order valence-electron chi connectivity index (χ0n) is 8.41. The van der Waals surface area contributed by atoms with Gasteiger partial charge in [0, 0.05) is 25.2 Å². The molecule has 0 bridgehead atoms. The van der Waals surface area contributed by atoms with Crippen molar-refractivity contribution in [3.63, 3.8) is 0 Å². The van der Waals surface area contributed by atoms with E-state index in [1.54, 1.807) is 0 Å². The quantitative estimate of drug-likeness (QED) is 0.704. The molecule has 1 saturated heterocycles. The van der Waals surface area contributed by atoms with Crippen LogP contribution in [0.1, 0.15) is 32.6 Å². The summed E-state index contributed by atoms with van der Waals surface area (Å²) in [7, 11) is 0. The van der Waals surface area contributed by atoms with E-state index in [1.807, 2.05) is 0 Å². The Bertz CT molecular complexity index is 163. The van der Waals surface area contributed by atoms with Gasteiger partial charge < -0.3 is 5.73 Å². The zero-order valence-corrected chi connectivity index (χ0v) is 9.22. The van der Waals surface area contributed by atoms with Gasteiger partial charge in [-0.05, 0) is 25.2 Å². The van der Waals surface area contributed by atoms with Crippen LogP contribution in [0.2, 0.25) is 0 Å². The lowest BCUT2D eigenvalue weighted by atomic mass is 10.1. The molecule has 3 heteroatoms. The van der Waals surface area contributed by atoms with Gasteiger partial charge in [0.05, 0.1) is 0 Å². The molecule has 3 atom stereocenters. The lowest BCUT2D eigenvalue weighted by Gasteiger charge is -2.27. The van der Waals surface area contributed by atoms with Gasteiger partial charge >= 0.3 is 0 Å². The normalized spacial score (nSPS) is 40.6. The minimum absolute atomic E-state index is 0. The highest BCUT2D eigenvalue weighted by Gasteiger charge is 2.32. The molecule has 2 unspecified atom stereocenters. The maximum Gasteiger partial charge on any atom is 0.0180 e. The maximum absolute atomic E-state index is 5.90. The Labute approximate surface area is 87.3 Å². The van der Waals surface area contributed by atoms with E-state index in [-0.39, 0.29) is 12.4 Å². The van der Waals surface area contributed by atoms with Gasteiger partial charge in [0.25, 0.3) is 0 Å². The Morgan fingerprint density at radius 3 is 2.46 bits per heavy atom. The van der Waals surface area contributed by atoms with E-state index >= 15 is 0 Å². The highest BCUT2D eigenvalue weighted by atomic mass is 35.5. The molecule has 13 heavy (non-hydrogen) atoms. The molecule has 0 amide bonds. The predicted octanol–water partition coefficient (Wildman–Crippen LogP) is 1.63. The van der Waals surface area contributed by atoms with Gasteiger partial charge in [-0.15, -0.1) is 12.4 Å². The van der Waals surface area contributed by atoms with Crippen LogP contribution in [0.5, 0.6) is 0 Å². The van der Waals surface area contributed by atoms with Gasteiger partial charge in [0.2, 0.25) is 0 Å². The molecule has 2 N–H and O–H groups in total. The molecule has 0 aromatic rings. The van der Waals surface area contributed by atoms with Crippen molar-refractivity contribution in [3.05, 3.63) is 0 Å². The second kappa shape index (κ2) is 4.63. The van der Waals surface area contributed by atoms with Crippen molar-refractivity contribution >= 4 is 12.4 Å². The fraction of sp³-hybridized carbons (Fsp3) is 1.00. The summed E-state index contributed by atoms with van der Waals surface area (Å²) in [5.41, 5.74) is 5.90. The molecular formula is C10H21ClN2. The summed E-state index contributed by atoms with van der Waals surface area (Å²) in [6.07, 6.45) is 5.48. The second-order valence-electron chi connectivity index (χ2n) is 4.52. The number of likely N-dealkylation sites (tertiary alicyclic amines) is 1. The lowest BCUT2D eigenvalue weighted by Crippen LogP contribution is -2.37. The van der Waals surface area contributed by atoms with Gasteiger partial charge in [-0.3, -0.25) is 4.90 Å². The van der Waals surface area contributed by atoms with Crippen LogP contribution in [0.3, 0.4) is 0 Å². The Morgan fingerprint density at radius 2 is 2.00 bits per heavy atom. The van der Waals surface area contributed by atoms with E-state index < -0.39 is 0 Å². The van der Waals surface area contributed by atoms with E-state index in [9.17, 15) is 0 Å². The van der Waals surface area contributed by atoms with Crippen molar-refractivity contribution < 1.29 is 0 Å². The zero-order chi connectivity index (χ0) is 8.55. The predicted molar refractivity (Wildman–Crippen MR) is 58.2 cm³/mol. The summed E-state index contributed by atoms with van der Waals surface area (Å²) in [6.45, 7) is 4.78. The molecule has 0 aromatic heterocycles.